The van der Waals surface area contributed by atoms with Gasteiger partial charge in [-0.1, -0.05) is 6.92 Å². The number of carbonyl (C=O) groups is 4. The quantitative estimate of drug-likeness (QED) is 0.518. The maximum Gasteiger partial charge on any atom is 0.305 e. The molecule has 0 aromatic carbocycles. The van der Waals surface area contributed by atoms with Crippen LogP contribution in [-0.2, 0) is 42.9 Å². The van der Waals surface area contributed by atoms with Crippen molar-refractivity contribution in [3.8, 4) is 0 Å². The van der Waals surface area contributed by atoms with Crippen molar-refractivity contribution in [1.82, 2.24) is 0 Å². The fourth-order valence-electron chi connectivity index (χ4n) is 2.44. The van der Waals surface area contributed by atoms with Gasteiger partial charge in [0, 0.05) is 27.7 Å². The van der Waals surface area contributed by atoms with Crippen LogP contribution in [-0.4, -0.2) is 54.6 Å². The molecule has 1 saturated heterocycles. The third-order valence-corrected chi connectivity index (χ3v) is 3.18. The van der Waals surface area contributed by atoms with E-state index in [0.29, 0.717) is 6.42 Å². The van der Waals surface area contributed by atoms with E-state index in [-0.39, 0.29) is 0 Å². The van der Waals surface area contributed by atoms with Gasteiger partial charge in [-0.15, -0.1) is 0 Å². The van der Waals surface area contributed by atoms with Crippen LogP contribution in [0.2, 0.25) is 0 Å². The van der Waals surface area contributed by atoms with E-state index in [1.54, 1.807) is 6.92 Å². The molecule has 0 aromatic rings. The van der Waals surface area contributed by atoms with E-state index in [0.717, 1.165) is 20.8 Å². The smallest absolute Gasteiger partial charge is 0.305 e. The highest BCUT2D eigenvalue weighted by atomic mass is 16.7. The van der Waals surface area contributed by atoms with Crippen molar-refractivity contribution in [2.45, 2.75) is 71.7 Å². The number of rotatable bonds is 5. The van der Waals surface area contributed by atoms with Crippen LogP contribution in [0.15, 0.2) is 0 Å². The molecular formula is C15H22O9. The van der Waals surface area contributed by atoms with E-state index < -0.39 is 54.6 Å². The fraction of sp³-hybridized carbons (Fsp3) is 0.733. The molecule has 1 heterocycles. The van der Waals surface area contributed by atoms with E-state index in [1.165, 1.54) is 6.92 Å². The number of ether oxygens (including phenoxy) is 5. The zero-order chi connectivity index (χ0) is 18.4. The van der Waals surface area contributed by atoms with Gasteiger partial charge in [-0.25, -0.2) is 0 Å². The maximum absolute atomic E-state index is 11.4. The summed E-state index contributed by atoms with van der Waals surface area (Å²) in [4.78, 5) is 45.5. The van der Waals surface area contributed by atoms with Crippen molar-refractivity contribution < 1.29 is 42.9 Å². The number of hydrogen-bond donors (Lipinski definition) is 0. The second-order valence-corrected chi connectivity index (χ2v) is 5.28. The first-order valence-electron chi connectivity index (χ1n) is 7.50. The third kappa shape index (κ3) is 5.48. The predicted molar refractivity (Wildman–Crippen MR) is 77.4 cm³/mol. The van der Waals surface area contributed by atoms with Crippen LogP contribution in [0.5, 0.6) is 0 Å². The Morgan fingerprint density at radius 1 is 0.708 bits per heavy atom. The summed E-state index contributed by atoms with van der Waals surface area (Å²) in [6.45, 7) is 6.41. The Morgan fingerprint density at radius 3 is 1.54 bits per heavy atom. The molecule has 136 valence electrons. The van der Waals surface area contributed by atoms with Gasteiger partial charge in [-0.2, -0.15) is 0 Å². The highest BCUT2D eigenvalue weighted by Crippen LogP contribution is 2.30. The van der Waals surface area contributed by atoms with Crippen LogP contribution in [0.4, 0.5) is 0 Å². The summed E-state index contributed by atoms with van der Waals surface area (Å²) in [7, 11) is 0. The standard InChI is InChI=1S/C15H22O9/c1-6-11-12(20-7(2)16)13(21-8(3)17)14(22-9(4)18)15(24-11)23-10(5)19/h11-15H,6H2,1-5H3/t11-,12+,13+,14+,15?/m0/s1. The van der Waals surface area contributed by atoms with Crippen molar-refractivity contribution in [1.29, 1.82) is 0 Å². The molecule has 5 atom stereocenters. The Kier molecular flexibility index (Phi) is 7.15. The minimum absolute atomic E-state index is 0.375. The first kappa shape index (κ1) is 19.9. The molecule has 1 unspecified atom stereocenters. The van der Waals surface area contributed by atoms with Gasteiger partial charge >= 0.3 is 23.9 Å². The topological polar surface area (TPSA) is 114 Å². The van der Waals surface area contributed by atoms with Gasteiger partial charge in [0.25, 0.3) is 0 Å². The van der Waals surface area contributed by atoms with E-state index in [1.807, 2.05) is 0 Å². The Balaban J connectivity index is 3.23. The van der Waals surface area contributed by atoms with E-state index >= 15 is 0 Å². The highest BCUT2D eigenvalue weighted by molar-refractivity contribution is 5.69. The number of esters is 4. The molecule has 0 N–H and O–H groups in total. The summed E-state index contributed by atoms with van der Waals surface area (Å²) in [6.07, 6.45) is -5.06. The summed E-state index contributed by atoms with van der Waals surface area (Å²) in [5.74, 6) is -2.66. The maximum atomic E-state index is 11.4. The van der Waals surface area contributed by atoms with Gasteiger partial charge in [0.05, 0.1) is 0 Å². The van der Waals surface area contributed by atoms with E-state index in [2.05, 4.69) is 0 Å². The van der Waals surface area contributed by atoms with Crippen LogP contribution in [0, 0.1) is 0 Å². The van der Waals surface area contributed by atoms with Crippen LogP contribution in [0.25, 0.3) is 0 Å². The van der Waals surface area contributed by atoms with Crippen molar-refractivity contribution >= 4 is 23.9 Å². The highest BCUT2D eigenvalue weighted by Gasteiger charge is 2.52. The molecule has 9 nitrogen and oxygen atoms in total. The summed E-state index contributed by atoms with van der Waals surface area (Å²) < 4.78 is 26.1. The van der Waals surface area contributed by atoms with Gasteiger partial charge < -0.3 is 23.7 Å². The van der Waals surface area contributed by atoms with Gasteiger partial charge in [0.15, 0.2) is 12.2 Å². The van der Waals surface area contributed by atoms with Crippen LogP contribution in [0.1, 0.15) is 41.0 Å². The van der Waals surface area contributed by atoms with E-state index in [4.69, 9.17) is 23.7 Å². The molecule has 0 aromatic heterocycles. The zero-order valence-electron chi connectivity index (χ0n) is 14.3. The lowest BCUT2D eigenvalue weighted by Crippen LogP contribution is -2.61. The Bertz CT molecular complexity index is 501. The van der Waals surface area contributed by atoms with Crippen molar-refractivity contribution in [3.05, 3.63) is 0 Å². The Labute approximate surface area is 139 Å². The SMILES string of the molecule is CC[C@@H]1OC(OC(C)=O)[C@H](OC(C)=O)[C@H](OC(C)=O)[C@@H]1OC(C)=O. The summed E-state index contributed by atoms with van der Waals surface area (Å²) in [5, 5.41) is 0. The van der Waals surface area contributed by atoms with E-state index in [9.17, 15) is 19.2 Å². The molecule has 1 aliphatic rings. The average molecular weight is 346 g/mol. The lowest BCUT2D eigenvalue weighted by molar-refractivity contribution is -0.296. The fourth-order valence-corrected chi connectivity index (χ4v) is 2.44. The lowest BCUT2D eigenvalue weighted by Gasteiger charge is -2.43. The van der Waals surface area contributed by atoms with Gasteiger partial charge in [0.2, 0.25) is 12.4 Å². The molecule has 1 fully saturated rings. The predicted octanol–water partition coefficient (Wildman–Crippen LogP) is 0.479. The normalized spacial score (nSPS) is 29.3. The number of hydrogen-bond acceptors (Lipinski definition) is 9. The van der Waals surface area contributed by atoms with Gasteiger partial charge in [-0.3, -0.25) is 19.2 Å². The second kappa shape index (κ2) is 8.62. The zero-order valence-corrected chi connectivity index (χ0v) is 14.3. The molecule has 0 radical (unpaired) electrons. The first-order chi connectivity index (χ1) is 11.1. The molecule has 1 aliphatic heterocycles. The van der Waals surface area contributed by atoms with Gasteiger partial charge in [-0.05, 0) is 6.42 Å². The molecule has 9 heteroatoms. The van der Waals surface area contributed by atoms with Crippen LogP contribution >= 0.6 is 0 Å². The van der Waals surface area contributed by atoms with Crippen LogP contribution in [0.3, 0.4) is 0 Å². The molecule has 0 spiro atoms. The molecule has 24 heavy (non-hydrogen) atoms. The summed E-state index contributed by atoms with van der Waals surface area (Å²) >= 11 is 0. The second-order valence-electron chi connectivity index (χ2n) is 5.28. The summed E-state index contributed by atoms with van der Waals surface area (Å²) in [5.41, 5.74) is 0. The Morgan fingerprint density at radius 2 is 1.12 bits per heavy atom. The molecule has 0 aliphatic carbocycles. The molecule has 0 saturated carbocycles. The minimum Gasteiger partial charge on any atom is -0.456 e. The average Bonchev–Trinajstić information content (AvgIpc) is 2.42. The molecule has 0 bridgehead atoms. The van der Waals surface area contributed by atoms with Crippen molar-refractivity contribution in [2.75, 3.05) is 0 Å². The van der Waals surface area contributed by atoms with Crippen molar-refractivity contribution in [2.24, 2.45) is 0 Å². The summed E-state index contributed by atoms with van der Waals surface area (Å²) in [6, 6.07) is 0. The number of carbonyl (C=O) groups excluding carboxylic acids is 4. The van der Waals surface area contributed by atoms with Crippen LogP contribution < -0.4 is 0 Å². The monoisotopic (exact) mass is 346 g/mol. The molecule has 1 rings (SSSR count). The first-order valence-corrected chi connectivity index (χ1v) is 7.50. The van der Waals surface area contributed by atoms with Crippen molar-refractivity contribution in [3.63, 3.8) is 0 Å². The molecular weight excluding hydrogens is 324 g/mol. The minimum atomic E-state index is -1.28. The Hall–Kier alpha value is -2.16. The lowest BCUT2D eigenvalue weighted by atomic mass is 9.96. The third-order valence-electron chi connectivity index (χ3n) is 3.18. The largest absolute Gasteiger partial charge is 0.456 e. The van der Waals surface area contributed by atoms with Gasteiger partial charge in [0.1, 0.15) is 6.10 Å². The molecule has 0 amide bonds.